The third-order valence-electron chi connectivity index (χ3n) is 7.55. The second kappa shape index (κ2) is 7.73. The molecule has 0 aromatic heterocycles. The number of carbonyl (C=O) groups excluding carboxylic acids is 4. The Labute approximate surface area is 171 Å². The molecule has 0 aliphatic carbocycles. The minimum absolute atomic E-state index is 0.0231. The van der Waals surface area contributed by atoms with E-state index in [4.69, 9.17) is 9.47 Å². The van der Waals surface area contributed by atoms with Gasteiger partial charge >= 0.3 is 11.9 Å². The number of esters is 2. The van der Waals surface area contributed by atoms with Crippen LogP contribution in [-0.4, -0.2) is 53.3 Å². The summed E-state index contributed by atoms with van der Waals surface area (Å²) in [6.07, 6.45) is 2.85. The zero-order valence-electron chi connectivity index (χ0n) is 17.5. The molecule has 0 radical (unpaired) electrons. The van der Waals surface area contributed by atoms with Crippen LogP contribution in [0.4, 0.5) is 0 Å². The lowest BCUT2D eigenvalue weighted by Crippen LogP contribution is -2.42. The quantitative estimate of drug-likeness (QED) is 0.654. The maximum atomic E-state index is 13.5. The van der Waals surface area contributed by atoms with Crippen LogP contribution in [0.1, 0.15) is 59.3 Å². The molecule has 0 N–H and O–H groups in total. The number of fused-ring (bicyclic) bond motifs is 4. The van der Waals surface area contributed by atoms with Crippen molar-refractivity contribution in [2.75, 3.05) is 6.54 Å². The molecule has 0 aromatic carbocycles. The van der Waals surface area contributed by atoms with Crippen molar-refractivity contribution in [3.8, 4) is 0 Å². The molecule has 0 saturated carbocycles. The van der Waals surface area contributed by atoms with Gasteiger partial charge in [0.2, 0.25) is 5.91 Å². The first kappa shape index (κ1) is 20.4. The Hall–Kier alpha value is -1.92. The van der Waals surface area contributed by atoms with Crippen LogP contribution in [0.25, 0.3) is 0 Å². The zero-order valence-corrected chi connectivity index (χ0v) is 17.5. The summed E-state index contributed by atoms with van der Waals surface area (Å²) in [4.78, 5) is 52.6. The first-order valence-corrected chi connectivity index (χ1v) is 11.1. The van der Waals surface area contributed by atoms with Crippen LogP contribution < -0.4 is 0 Å². The van der Waals surface area contributed by atoms with E-state index < -0.39 is 12.0 Å². The highest BCUT2D eigenvalue weighted by Gasteiger charge is 2.57. The van der Waals surface area contributed by atoms with Crippen molar-refractivity contribution >= 4 is 23.6 Å². The number of nitrogens with zero attached hydrogens (tertiary/aromatic N) is 1. The van der Waals surface area contributed by atoms with Crippen molar-refractivity contribution in [3.63, 3.8) is 0 Å². The fraction of sp³-hybridized carbons (Fsp3) is 0.818. The zero-order chi connectivity index (χ0) is 20.9. The number of rotatable bonds is 2. The summed E-state index contributed by atoms with van der Waals surface area (Å²) in [7, 11) is 0. The minimum Gasteiger partial charge on any atom is -0.461 e. The van der Waals surface area contributed by atoms with Crippen LogP contribution in [0, 0.1) is 29.6 Å². The molecular weight excluding hydrogens is 374 g/mol. The monoisotopic (exact) mass is 405 g/mol. The highest BCUT2D eigenvalue weighted by atomic mass is 16.6. The lowest BCUT2D eigenvalue weighted by Gasteiger charge is -2.29. The van der Waals surface area contributed by atoms with Gasteiger partial charge in [-0.15, -0.1) is 0 Å². The summed E-state index contributed by atoms with van der Waals surface area (Å²) in [6.45, 7) is 6.18. The molecule has 4 saturated heterocycles. The number of cyclic esters (lactones) is 1. The van der Waals surface area contributed by atoms with Gasteiger partial charge in [0.1, 0.15) is 18.0 Å². The molecule has 4 aliphatic rings. The van der Waals surface area contributed by atoms with Crippen molar-refractivity contribution in [2.24, 2.45) is 29.6 Å². The van der Waals surface area contributed by atoms with E-state index in [0.717, 1.165) is 6.42 Å². The van der Waals surface area contributed by atoms with Crippen LogP contribution in [0.15, 0.2) is 0 Å². The predicted molar refractivity (Wildman–Crippen MR) is 102 cm³/mol. The second-order valence-electron chi connectivity index (χ2n) is 9.26. The Balaban J connectivity index is 1.68. The summed E-state index contributed by atoms with van der Waals surface area (Å²) < 4.78 is 11.3. The fourth-order valence-electron chi connectivity index (χ4n) is 5.91. The van der Waals surface area contributed by atoms with E-state index in [0.29, 0.717) is 38.6 Å². The Morgan fingerprint density at radius 2 is 1.76 bits per heavy atom. The van der Waals surface area contributed by atoms with E-state index in [1.165, 1.54) is 0 Å². The standard InChI is InChI=1S/C22H31NO6/c1-4-13-16(24)7-5-6-8-23-15(17-9-11(2)21(26)28-17)10-14(20(23)25)18-12(3)22(27)29-19(13)18/h11-15,17-19H,4-10H2,1-3H3. The molecule has 8 unspecified atom stereocenters. The maximum Gasteiger partial charge on any atom is 0.309 e. The SMILES string of the molecule is CCC1C(=O)CCCCN2C(=O)C(CC2C2CC(C)C(=O)O2)C2C(C)C(=O)OC12. The van der Waals surface area contributed by atoms with Crippen LogP contribution in [0.2, 0.25) is 0 Å². The van der Waals surface area contributed by atoms with E-state index >= 15 is 0 Å². The molecule has 7 heteroatoms. The van der Waals surface area contributed by atoms with Gasteiger partial charge in [-0.2, -0.15) is 0 Å². The van der Waals surface area contributed by atoms with Crippen molar-refractivity contribution < 1.29 is 28.7 Å². The molecule has 0 aromatic rings. The average Bonchev–Trinajstić information content (AvgIpc) is 3.27. The first-order chi connectivity index (χ1) is 13.8. The number of hydrogen-bond donors (Lipinski definition) is 0. The Bertz CT molecular complexity index is 720. The summed E-state index contributed by atoms with van der Waals surface area (Å²) in [6, 6.07) is -0.153. The van der Waals surface area contributed by atoms with Crippen LogP contribution in [-0.2, 0) is 28.7 Å². The van der Waals surface area contributed by atoms with Crippen molar-refractivity contribution in [1.29, 1.82) is 0 Å². The van der Waals surface area contributed by atoms with E-state index in [2.05, 4.69) is 0 Å². The maximum absolute atomic E-state index is 13.5. The third-order valence-corrected chi connectivity index (χ3v) is 7.55. The van der Waals surface area contributed by atoms with Gasteiger partial charge in [0.25, 0.3) is 0 Å². The molecule has 29 heavy (non-hydrogen) atoms. The summed E-state index contributed by atoms with van der Waals surface area (Å²) in [5.74, 6) is -1.94. The van der Waals surface area contributed by atoms with Crippen LogP contribution in [0.5, 0.6) is 0 Å². The van der Waals surface area contributed by atoms with Crippen LogP contribution >= 0.6 is 0 Å². The average molecular weight is 405 g/mol. The number of Topliss-reactive ketones (excluding diaryl/α,β-unsaturated/α-hetero) is 1. The summed E-state index contributed by atoms with van der Waals surface area (Å²) in [5, 5.41) is 0. The van der Waals surface area contributed by atoms with Gasteiger partial charge in [-0.25, -0.2) is 0 Å². The Morgan fingerprint density at radius 3 is 2.41 bits per heavy atom. The molecule has 4 fully saturated rings. The molecule has 160 valence electrons. The molecule has 1 amide bonds. The highest BCUT2D eigenvalue weighted by Crippen LogP contribution is 2.46. The van der Waals surface area contributed by atoms with E-state index in [9.17, 15) is 19.2 Å². The third kappa shape index (κ3) is 3.36. The van der Waals surface area contributed by atoms with Gasteiger partial charge in [0.05, 0.1) is 23.8 Å². The first-order valence-electron chi connectivity index (χ1n) is 11.1. The van der Waals surface area contributed by atoms with E-state index in [-0.39, 0.29) is 59.4 Å². The number of carbonyl (C=O) groups is 4. The van der Waals surface area contributed by atoms with Crippen molar-refractivity contribution in [3.05, 3.63) is 0 Å². The second-order valence-corrected chi connectivity index (χ2v) is 9.26. The van der Waals surface area contributed by atoms with Crippen molar-refractivity contribution in [1.82, 2.24) is 4.90 Å². The van der Waals surface area contributed by atoms with Gasteiger partial charge in [-0.1, -0.05) is 20.8 Å². The normalized spacial score (nSPS) is 43.1. The minimum atomic E-state index is -0.535. The molecule has 2 bridgehead atoms. The van der Waals surface area contributed by atoms with Crippen LogP contribution in [0.3, 0.4) is 0 Å². The molecule has 8 atom stereocenters. The Kier molecular flexibility index (Phi) is 5.42. The number of ether oxygens (including phenoxy) is 2. The fourth-order valence-corrected chi connectivity index (χ4v) is 5.91. The van der Waals surface area contributed by atoms with Gasteiger partial charge in [-0.3, -0.25) is 19.2 Å². The molecule has 0 spiro atoms. The largest absolute Gasteiger partial charge is 0.461 e. The van der Waals surface area contributed by atoms with Crippen molar-refractivity contribution in [2.45, 2.75) is 77.5 Å². The van der Waals surface area contributed by atoms with E-state index in [1.807, 2.05) is 25.7 Å². The molecule has 4 heterocycles. The lowest BCUT2D eigenvalue weighted by molar-refractivity contribution is -0.148. The molecule has 7 nitrogen and oxygen atoms in total. The Morgan fingerprint density at radius 1 is 1.00 bits per heavy atom. The predicted octanol–water partition coefficient (Wildman–Crippen LogP) is 2.11. The molecule has 4 rings (SSSR count). The van der Waals surface area contributed by atoms with Gasteiger partial charge in [0, 0.05) is 24.8 Å². The van der Waals surface area contributed by atoms with E-state index in [1.54, 1.807) is 0 Å². The lowest BCUT2D eigenvalue weighted by atomic mass is 9.73. The topological polar surface area (TPSA) is 90.0 Å². The summed E-state index contributed by atoms with van der Waals surface area (Å²) in [5.41, 5.74) is 0. The number of hydrogen-bond acceptors (Lipinski definition) is 6. The van der Waals surface area contributed by atoms with Gasteiger partial charge in [-0.05, 0) is 32.1 Å². The molecular formula is C22H31NO6. The van der Waals surface area contributed by atoms with Gasteiger partial charge < -0.3 is 14.4 Å². The smallest absolute Gasteiger partial charge is 0.309 e. The van der Waals surface area contributed by atoms with Gasteiger partial charge in [0.15, 0.2) is 0 Å². The summed E-state index contributed by atoms with van der Waals surface area (Å²) >= 11 is 0. The highest BCUT2D eigenvalue weighted by molar-refractivity contribution is 5.87. The number of ketones is 1. The molecule has 4 aliphatic heterocycles. The number of amides is 1.